The first kappa shape index (κ1) is 17.5. The van der Waals surface area contributed by atoms with E-state index in [2.05, 4.69) is 10.0 Å². The predicted molar refractivity (Wildman–Crippen MR) is 81.9 cm³/mol. The van der Waals surface area contributed by atoms with Crippen LogP contribution in [0.3, 0.4) is 0 Å². The van der Waals surface area contributed by atoms with Crippen molar-refractivity contribution >= 4 is 21.7 Å². The van der Waals surface area contributed by atoms with Gasteiger partial charge in [0.1, 0.15) is 0 Å². The number of sulfonamides is 1. The Morgan fingerprint density at radius 1 is 1.24 bits per heavy atom. The minimum atomic E-state index is -3.46. The highest BCUT2D eigenvalue weighted by Gasteiger charge is 2.14. The normalized spacial score (nSPS) is 12.9. The van der Waals surface area contributed by atoms with E-state index in [0.717, 1.165) is 12.8 Å². The third kappa shape index (κ3) is 5.73. The Balaban J connectivity index is 2.79. The highest BCUT2D eigenvalue weighted by Crippen LogP contribution is 2.17. The van der Waals surface area contributed by atoms with Gasteiger partial charge in [-0.3, -0.25) is 4.79 Å². The molecule has 1 unspecified atom stereocenters. The molecule has 0 saturated carbocycles. The Morgan fingerprint density at radius 2 is 1.86 bits per heavy atom. The number of carboxylic acid groups (broad SMARTS) is 1. The first-order valence-corrected chi connectivity index (χ1v) is 8.45. The molecule has 0 amide bonds. The van der Waals surface area contributed by atoms with Crippen molar-refractivity contribution in [2.75, 3.05) is 11.9 Å². The molecular weight excluding hydrogens is 292 g/mol. The minimum absolute atomic E-state index is 0.0330. The molecule has 0 aliphatic heterocycles. The zero-order chi connectivity index (χ0) is 15.9. The number of hydrogen-bond acceptors (Lipinski definition) is 4. The van der Waals surface area contributed by atoms with E-state index in [0.29, 0.717) is 12.2 Å². The molecule has 6 nitrogen and oxygen atoms in total. The SMILES string of the molecule is CCCC(CC(=O)O)Nc1ccc(S(=O)(=O)NCC)cc1. The van der Waals surface area contributed by atoms with Crippen molar-refractivity contribution in [3.8, 4) is 0 Å². The molecule has 0 radical (unpaired) electrons. The van der Waals surface area contributed by atoms with Gasteiger partial charge in [0.15, 0.2) is 0 Å². The highest BCUT2D eigenvalue weighted by molar-refractivity contribution is 7.89. The molecule has 1 atom stereocenters. The van der Waals surface area contributed by atoms with E-state index in [1.807, 2.05) is 6.92 Å². The van der Waals surface area contributed by atoms with Gasteiger partial charge in [-0.2, -0.15) is 0 Å². The molecule has 0 aromatic heterocycles. The Bertz CT molecular complexity index is 555. The number of carbonyl (C=O) groups is 1. The molecule has 0 saturated heterocycles. The lowest BCUT2D eigenvalue weighted by Gasteiger charge is -2.17. The number of aliphatic carboxylic acids is 1. The highest BCUT2D eigenvalue weighted by atomic mass is 32.2. The quantitative estimate of drug-likeness (QED) is 0.648. The standard InChI is InChI=1S/C14H22N2O4S/c1-3-5-12(10-14(17)18)16-11-6-8-13(9-7-11)21(19,20)15-4-2/h6-9,12,15-16H,3-5,10H2,1-2H3,(H,17,18). The molecule has 118 valence electrons. The van der Waals surface area contributed by atoms with Crippen molar-refractivity contribution in [1.82, 2.24) is 4.72 Å². The van der Waals surface area contributed by atoms with Crippen LogP contribution in [0.5, 0.6) is 0 Å². The Morgan fingerprint density at radius 3 is 2.33 bits per heavy atom. The molecule has 21 heavy (non-hydrogen) atoms. The maximum atomic E-state index is 11.8. The number of nitrogens with one attached hydrogen (secondary N) is 2. The molecule has 0 fully saturated rings. The second-order valence-corrected chi connectivity index (χ2v) is 6.52. The lowest BCUT2D eigenvalue weighted by Crippen LogP contribution is -2.24. The molecule has 1 aromatic carbocycles. The van der Waals surface area contributed by atoms with Gasteiger partial charge < -0.3 is 10.4 Å². The Hall–Kier alpha value is -1.60. The van der Waals surface area contributed by atoms with Crippen LogP contribution in [-0.2, 0) is 14.8 Å². The van der Waals surface area contributed by atoms with Gasteiger partial charge in [0.05, 0.1) is 11.3 Å². The number of benzene rings is 1. The van der Waals surface area contributed by atoms with Crippen LogP contribution < -0.4 is 10.0 Å². The van der Waals surface area contributed by atoms with Crippen molar-refractivity contribution in [2.45, 2.75) is 44.0 Å². The Kier molecular flexibility index (Phi) is 6.64. The van der Waals surface area contributed by atoms with Gasteiger partial charge in [-0.1, -0.05) is 20.3 Å². The first-order chi connectivity index (χ1) is 9.89. The summed E-state index contributed by atoms with van der Waals surface area (Å²) in [6.07, 6.45) is 1.65. The minimum Gasteiger partial charge on any atom is -0.481 e. The number of carboxylic acids is 1. The predicted octanol–water partition coefficient (Wildman–Crippen LogP) is 2.04. The molecule has 0 heterocycles. The number of anilines is 1. The van der Waals surface area contributed by atoms with E-state index >= 15 is 0 Å². The van der Waals surface area contributed by atoms with Crippen molar-refractivity contribution in [2.24, 2.45) is 0 Å². The van der Waals surface area contributed by atoms with Crippen LogP contribution in [-0.4, -0.2) is 32.1 Å². The molecule has 1 rings (SSSR count). The Labute approximate surface area is 125 Å². The third-order valence-corrected chi connectivity index (χ3v) is 4.49. The second-order valence-electron chi connectivity index (χ2n) is 4.75. The van der Waals surface area contributed by atoms with E-state index in [-0.39, 0.29) is 17.4 Å². The monoisotopic (exact) mass is 314 g/mol. The van der Waals surface area contributed by atoms with Crippen LogP contribution in [0.15, 0.2) is 29.2 Å². The lowest BCUT2D eigenvalue weighted by molar-refractivity contribution is -0.137. The van der Waals surface area contributed by atoms with Crippen molar-refractivity contribution in [1.29, 1.82) is 0 Å². The molecule has 0 aliphatic rings. The van der Waals surface area contributed by atoms with Crippen molar-refractivity contribution in [3.63, 3.8) is 0 Å². The summed E-state index contributed by atoms with van der Waals surface area (Å²) < 4.78 is 26.0. The van der Waals surface area contributed by atoms with Gasteiger partial charge >= 0.3 is 5.97 Å². The summed E-state index contributed by atoms with van der Waals surface area (Å²) in [5, 5.41) is 12.0. The van der Waals surface area contributed by atoms with Gasteiger partial charge in [0, 0.05) is 18.3 Å². The fraction of sp³-hybridized carbons (Fsp3) is 0.500. The molecular formula is C14H22N2O4S. The summed E-state index contributed by atoms with van der Waals surface area (Å²) in [6.45, 7) is 4.04. The van der Waals surface area contributed by atoms with Gasteiger partial charge in [0.25, 0.3) is 0 Å². The second kappa shape index (κ2) is 7.99. The molecule has 0 spiro atoms. The van der Waals surface area contributed by atoms with E-state index in [1.165, 1.54) is 12.1 Å². The number of hydrogen-bond donors (Lipinski definition) is 3. The molecule has 0 aliphatic carbocycles. The van der Waals surface area contributed by atoms with Crippen molar-refractivity contribution in [3.05, 3.63) is 24.3 Å². The molecule has 0 bridgehead atoms. The summed E-state index contributed by atoms with van der Waals surface area (Å²) in [5.74, 6) is -0.854. The van der Waals surface area contributed by atoms with Gasteiger partial charge in [-0.15, -0.1) is 0 Å². The fourth-order valence-electron chi connectivity index (χ4n) is 2.02. The topological polar surface area (TPSA) is 95.5 Å². The number of rotatable bonds is 9. The van der Waals surface area contributed by atoms with E-state index in [4.69, 9.17) is 5.11 Å². The molecule has 7 heteroatoms. The smallest absolute Gasteiger partial charge is 0.305 e. The van der Waals surface area contributed by atoms with Crippen LogP contribution in [0, 0.1) is 0 Å². The van der Waals surface area contributed by atoms with Gasteiger partial charge in [-0.05, 0) is 30.7 Å². The molecule has 3 N–H and O–H groups in total. The van der Waals surface area contributed by atoms with Gasteiger partial charge in [-0.25, -0.2) is 13.1 Å². The summed E-state index contributed by atoms with van der Waals surface area (Å²) in [6, 6.07) is 6.14. The summed E-state index contributed by atoms with van der Waals surface area (Å²) in [4.78, 5) is 11.0. The van der Waals surface area contributed by atoms with Crippen molar-refractivity contribution < 1.29 is 18.3 Å². The van der Waals surface area contributed by atoms with Crippen LogP contribution in [0.2, 0.25) is 0 Å². The summed E-state index contributed by atoms with van der Waals surface area (Å²) in [7, 11) is -3.46. The third-order valence-electron chi connectivity index (χ3n) is 2.93. The van der Waals surface area contributed by atoms with E-state index < -0.39 is 16.0 Å². The molecule has 1 aromatic rings. The zero-order valence-corrected chi connectivity index (χ0v) is 13.1. The van der Waals surface area contributed by atoms with Crippen LogP contribution in [0.25, 0.3) is 0 Å². The maximum absolute atomic E-state index is 11.8. The van der Waals surface area contributed by atoms with E-state index in [1.54, 1.807) is 19.1 Å². The van der Waals surface area contributed by atoms with Crippen LogP contribution in [0.1, 0.15) is 33.1 Å². The van der Waals surface area contributed by atoms with E-state index in [9.17, 15) is 13.2 Å². The first-order valence-electron chi connectivity index (χ1n) is 6.97. The van der Waals surface area contributed by atoms with Gasteiger partial charge in [0.2, 0.25) is 10.0 Å². The van der Waals surface area contributed by atoms with Crippen LogP contribution in [0.4, 0.5) is 5.69 Å². The average molecular weight is 314 g/mol. The van der Waals surface area contributed by atoms with Crippen LogP contribution >= 0.6 is 0 Å². The maximum Gasteiger partial charge on any atom is 0.305 e. The summed E-state index contributed by atoms with van der Waals surface area (Å²) in [5.41, 5.74) is 0.713. The summed E-state index contributed by atoms with van der Waals surface area (Å²) >= 11 is 0. The lowest BCUT2D eigenvalue weighted by atomic mass is 10.1. The average Bonchev–Trinajstić information content (AvgIpc) is 2.38. The fourth-order valence-corrected chi connectivity index (χ4v) is 3.06. The largest absolute Gasteiger partial charge is 0.481 e. The zero-order valence-electron chi connectivity index (χ0n) is 12.3.